The van der Waals surface area contributed by atoms with Crippen molar-refractivity contribution in [3.63, 3.8) is 0 Å². The van der Waals surface area contributed by atoms with E-state index in [1.165, 1.54) is 0 Å². The molecule has 0 saturated heterocycles. The molecule has 3 nitrogen and oxygen atoms in total. The molecule has 0 N–H and O–H groups in total. The molecule has 0 aromatic rings. The lowest BCUT2D eigenvalue weighted by molar-refractivity contribution is -0.104. The molecule has 0 fully saturated rings. The van der Waals surface area contributed by atoms with Crippen LogP contribution in [-0.4, -0.2) is 40.8 Å². The first-order chi connectivity index (χ1) is 9.73. The van der Waals surface area contributed by atoms with Crippen LogP contribution >= 0.6 is 11.6 Å². The zero-order valence-corrected chi connectivity index (χ0v) is 16.9. The maximum absolute atomic E-state index is 6.51. The predicted octanol–water partition coefficient (Wildman–Crippen LogP) is 5.19. The van der Waals surface area contributed by atoms with E-state index in [0.717, 1.165) is 19.4 Å². The first-order valence-corrected chi connectivity index (χ1v) is 10.6. The Morgan fingerprint density at radius 2 is 1.29 bits per heavy atom. The molecule has 0 amide bonds. The van der Waals surface area contributed by atoms with E-state index in [0.29, 0.717) is 16.6 Å². The monoisotopic (exact) mass is 338 g/mol. The molecule has 0 saturated carbocycles. The topological polar surface area (TPSA) is 27.7 Å². The van der Waals surface area contributed by atoms with Gasteiger partial charge in [0.2, 0.25) is 0 Å². The van der Waals surface area contributed by atoms with E-state index in [-0.39, 0.29) is 11.7 Å². The molecule has 0 heterocycles. The van der Waals surface area contributed by atoms with Gasteiger partial charge in [0.25, 0.3) is 0 Å². The van der Waals surface area contributed by atoms with Gasteiger partial charge in [-0.2, -0.15) is 0 Å². The largest absolute Gasteiger partial charge is 0.416 e. The summed E-state index contributed by atoms with van der Waals surface area (Å²) in [4.78, 5) is 0. The zero-order chi connectivity index (χ0) is 16.6. The minimum atomic E-state index is -1.75. The van der Waals surface area contributed by atoms with Gasteiger partial charge in [-0.25, -0.2) is 0 Å². The van der Waals surface area contributed by atoms with Gasteiger partial charge in [-0.15, -0.1) is 11.6 Å². The summed E-state index contributed by atoms with van der Waals surface area (Å²) in [6.45, 7) is 14.6. The van der Waals surface area contributed by atoms with E-state index in [2.05, 4.69) is 41.5 Å². The van der Waals surface area contributed by atoms with Crippen LogP contribution in [0.5, 0.6) is 0 Å². The number of halogens is 1. The van der Waals surface area contributed by atoms with Crippen molar-refractivity contribution in [2.75, 3.05) is 20.8 Å². The highest BCUT2D eigenvalue weighted by atomic mass is 35.5. The van der Waals surface area contributed by atoms with E-state index < -0.39 is 8.32 Å². The Hall–Kier alpha value is 0.387. The van der Waals surface area contributed by atoms with Gasteiger partial charge in [0.15, 0.2) is 14.6 Å². The normalized spacial score (nSPS) is 14.7. The fourth-order valence-corrected chi connectivity index (χ4v) is 9.41. The van der Waals surface area contributed by atoms with Crippen LogP contribution in [0.1, 0.15) is 54.4 Å². The average molecular weight is 339 g/mol. The summed E-state index contributed by atoms with van der Waals surface area (Å²) < 4.78 is 16.9. The van der Waals surface area contributed by atoms with Crippen molar-refractivity contribution in [2.24, 2.45) is 0 Å². The number of rotatable bonds is 11. The summed E-state index contributed by atoms with van der Waals surface area (Å²) >= 11 is 6.29. The van der Waals surface area contributed by atoms with Crippen molar-refractivity contribution in [3.05, 3.63) is 0 Å². The first kappa shape index (κ1) is 21.4. The van der Waals surface area contributed by atoms with E-state index in [1.807, 2.05) is 0 Å². The molecule has 0 aliphatic rings. The number of hydrogen-bond acceptors (Lipinski definition) is 3. The summed E-state index contributed by atoms with van der Waals surface area (Å²) in [6.07, 6.45) is 1.44. The lowest BCUT2D eigenvalue weighted by Gasteiger charge is -2.42. The molecule has 0 radical (unpaired) electrons. The summed E-state index contributed by atoms with van der Waals surface area (Å²) in [7, 11) is 1.49. The van der Waals surface area contributed by atoms with Gasteiger partial charge in [-0.05, 0) is 29.5 Å². The first-order valence-electron chi connectivity index (χ1n) is 8.07. The minimum Gasteiger partial charge on any atom is -0.416 e. The highest BCUT2D eigenvalue weighted by molar-refractivity contribution is 6.77. The van der Waals surface area contributed by atoms with Gasteiger partial charge in [0.05, 0.1) is 5.38 Å². The number of ether oxygens (including phenoxy) is 2. The third kappa shape index (κ3) is 5.83. The maximum Gasteiger partial charge on any atom is 0.200 e. The molecule has 0 aliphatic carbocycles. The number of methoxy groups -OCH3 is 2. The molecule has 0 aromatic heterocycles. The smallest absolute Gasteiger partial charge is 0.200 e. The molecule has 0 spiro atoms. The third-order valence-electron chi connectivity index (χ3n) is 4.44. The van der Waals surface area contributed by atoms with E-state index in [4.69, 9.17) is 25.5 Å². The van der Waals surface area contributed by atoms with Crippen molar-refractivity contribution >= 4 is 19.9 Å². The van der Waals surface area contributed by atoms with Crippen LogP contribution in [0.2, 0.25) is 16.6 Å². The van der Waals surface area contributed by atoms with Crippen molar-refractivity contribution in [1.29, 1.82) is 0 Å². The summed E-state index contributed by atoms with van der Waals surface area (Å²) in [5, 5.41) is -0.128. The molecular formula is C16H35ClO3Si. The van der Waals surface area contributed by atoms with Crippen LogP contribution in [0.25, 0.3) is 0 Å². The van der Waals surface area contributed by atoms with E-state index in [1.54, 1.807) is 14.2 Å². The Balaban J connectivity index is 4.46. The van der Waals surface area contributed by atoms with Crippen LogP contribution < -0.4 is 0 Å². The van der Waals surface area contributed by atoms with Gasteiger partial charge in [0.1, 0.15) is 0 Å². The van der Waals surface area contributed by atoms with Crippen molar-refractivity contribution in [1.82, 2.24) is 0 Å². The van der Waals surface area contributed by atoms with Crippen molar-refractivity contribution in [3.8, 4) is 0 Å². The lowest BCUT2D eigenvalue weighted by atomic mass is 10.2. The molecule has 0 bridgehead atoms. The van der Waals surface area contributed by atoms with E-state index in [9.17, 15) is 0 Å². The highest BCUT2D eigenvalue weighted by Crippen LogP contribution is 2.42. The Kier molecular flexibility index (Phi) is 10.4. The molecule has 0 aromatic carbocycles. The predicted molar refractivity (Wildman–Crippen MR) is 93.7 cm³/mol. The van der Waals surface area contributed by atoms with E-state index >= 15 is 0 Å². The van der Waals surface area contributed by atoms with Crippen molar-refractivity contribution in [2.45, 2.75) is 82.7 Å². The quantitative estimate of drug-likeness (QED) is 0.225. The van der Waals surface area contributed by atoms with Gasteiger partial charge in [-0.3, -0.25) is 0 Å². The number of alkyl halides is 1. The maximum atomic E-state index is 6.51. The third-order valence-corrected chi connectivity index (χ3v) is 11.0. The Morgan fingerprint density at radius 1 is 0.857 bits per heavy atom. The highest BCUT2D eigenvalue weighted by Gasteiger charge is 2.44. The Labute approximate surface area is 137 Å². The Morgan fingerprint density at radius 3 is 1.62 bits per heavy atom. The second-order valence-electron chi connectivity index (χ2n) is 6.66. The molecule has 128 valence electrons. The van der Waals surface area contributed by atoms with Gasteiger partial charge in [-0.1, -0.05) is 41.5 Å². The Bertz CT molecular complexity index is 246. The van der Waals surface area contributed by atoms with Crippen LogP contribution in [0, 0.1) is 0 Å². The molecule has 0 unspecified atom stereocenters. The molecule has 21 heavy (non-hydrogen) atoms. The molecule has 5 heteroatoms. The SMILES string of the molecule is COC(OC)[C@H](Cl)CCCO[Si](C(C)C)(C(C)C)C(C)C. The van der Waals surface area contributed by atoms with Gasteiger partial charge >= 0.3 is 0 Å². The van der Waals surface area contributed by atoms with Gasteiger partial charge < -0.3 is 13.9 Å². The second-order valence-corrected chi connectivity index (χ2v) is 12.7. The molecule has 0 aliphatic heterocycles. The number of hydrogen-bond donors (Lipinski definition) is 0. The summed E-state index contributed by atoms with van der Waals surface area (Å²) in [5.74, 6) is 0. The van der Waals surface area contributed by atoms with Gasteiger partial charge in [0, 0.05) is 20.8 Å². The standard InChI is InChI=1S/C16H35ClO3Si/c1-12(2)21(13(3)4,14(5)6)20-11-9-10-15(17)16(18-7)19-8/h12-16H,9-11H2,1-8H3/t15-/m1/s1. The summed E-state index contributed by atoms with van der Waals surface area (Å²) in [5.41, 5.74) is 1.86. The second kappa shape index (κ2) is 10.2. The lowest BCUT2D eigenvalue weighted by Crippen LogP contribution is -2.48. The van der Waals surface area contributed by atoms with Crippen molar-refractivity contribution < 1.29 is 13.9 Å². The zero-order valence-electron chi connectivity index (χ0n) is 15.1. The van der Waals surface area contributed by atoms with Crippen LogP contribution in [-0.2, 0) is 13.9 Å². The molecule has 1 atom stereocenters. The molecular weight excluding hydrogens is 304 g/mol. The summed E-state index contributed by atoms with van der Waals surface area (Å²) in [6, 6.07) is 0. The minimum absolute atomic E-state index is 0.128. The fraction of sp³-hybridized carbons (Fsp3) is 1.00. The fourth-order valence-electron chi connectivity index (χ4n) is 3.55. The van der Waals surface area contributed by atoms with Crippen LogP contribution in [0.15, 0.2) is 0 Å². The molecule has 0 rings (SSSR count). The van der Waals surface area contributed by atoms with Crippen LogP contribution in [0.4, 0.5) is 0 Å². The van der Waals surface area contributed by atoms with Crippen LogP contribution in [0.3, 0.4) is 0 Å². The average Bonchev–Trinajstić information content (AvgIpc) is 2.38.